The van der Waals surface area contributed by atoms with Gasteiger partial charge in [-0.25, -0.2) is 0 Å². The first kappa shape index (κ1) is 23.4. The van der Waals surface area contributed by atoms with Gasteiger partial charge >= 0.3 is 0 Å². The SMILES string of the molecule is CCCCC[C@H]1CC[C@H](CCC2CC=C(CCc3ccc(OCC)cc3)CC2)CC1. The van der Waals surface area contributed by atoms with Crippen LogP contribution in [0.4, 0.5) is 0 Å². The molecule has 1 saturated carbocycles. The molecule has 1 nitrogen and oxygen atoms in total. The Morgan fingerprint density at radius 2 is 1.47 bits per heavy atom. The summed E-state index contributed by atoms with van der Waals surface area (Å²) >= 11 is 0. The average Bonchev–Trinajstić information content (AvgIpc) is 2.79. The molecule has 2 aliphatic rings. The third-order valence-electron chi connectivity index (χ3n) is 7.75. The molecule has 0 heterocycles. The zero-order chi connectivity index (χ0) is 21.0. The van der Waals surface area contributed by atoms with Crippen molar-refractivity contribution in [3.8, 4) is 5.75 Å². The molecule has 2 aliphatic carbocycles. The molecule has 0 bridgehead atoms. The fourth-order valence-corrected chi connectivity index (χ4v) is 5.62. The van der Waals surface area contributed by atoms with Gasteiger partial charge in [-0.05, 0) is 80.9 Å². The number of rotatable bonds is 12. The highest BCUT2D eigenvalue weighted by Crippen LogP contribution is 2.37. The van der Waals surface area contributed by atoms with E-state index in [1.54, 1.807) is 5.57 Å². The van der Waals surface area contributed by atoms with E-state index in [4.69, 9.17) is 4.74 Å². The van der Waals surface area contributed by atoms with Gasteiger partial charge in [-0.2, -0.15) is 0 Å². The molecule has 30 heavy (non-hydrogen) atoms. The molecule has 1 aromatic carbocycles. The van der Waals surface area contributed by atoms with E-state index in [-0.39, 0.29) is 0 Å². The molecule has 1 unspecified atom stereocenters. The van der Waals surface area contributed by atoms with Crippen molar-refractivity contribution in [2.24, 2.45) is 17.8 Å². The minimum atomic E-state index is 0.744. The van der Waals surface area contributed by atoms with Gasteiger partial charge in [0, 0.05) is 0 Å². The zero-order valence-electron chi connectivity index (χ0n) is 19.8. The van der Waals surface area contributed by atoms with Gasteiger partial charge in [0.15, 0.2) is 0 Å². The smallest absolute Gasteiger partial charge is 0.119 e. The molecule has 0 aromatic heterocycles. The van der Waals surface area contributed by atoms with Crippen LogP contribution in [0.1, 0.15) is 109 Å². The Morgan fingerprint density at radius 3 is 2.10 bits per heavy atom. The summed E-state index contributed by atoms with van der Waals surface area (Å²) in [6.45, 7) is 5.10. The molecule has 0 spiro atoms. The lowest BCUT2D eigenvalue weighted by Crippen LogP contribution is -2.16. The summed E-state index contributed by atoms with van der Waals surface area (Å²) in [7, 11) is 0. The molecule has 0 amide bonds. The van der Waals surface area contributed by atoms with Gasteiger partial charge in [-0.1, -0.05) is 88.5 Å². The normalized spacial score (nSPS) is 24.5. The third-order valence-corrected chi connectivity index (χ3v) is 7.75. The van der Waals surface area contributed by atoms with Crippen molar-refractivity contribution in [2.45, 2.75) is 110 Å². The lowest BCUT2D eigenvalue weighted by molar-refractivity contribution is 0.234. The summed E-state index contributed by atoms with van der Waals surface area (Å²) in [6, 6.07) is 8.69. The van der Waals surface area contributed by atoms with Crippen LogP contribution >= 0.6 is 0 Å². The molecule has 168 valence electrons. The van der Waals surface area contributed by atoms with Crippen molar-refractivity contribution < 1.29 is 4.74 Å². The lowest BCUT2D eigenvalue weighted by Gasteiger charge is -2.30. The molecule has 3 rings (SSSR count). The van der Waals surface area contributed by atoms with E-state index >= 15 is 0 Å². The summed E-state index contributed by atoms with van der Waals surface area (Å²) in [5.74, 6) is 4.05. The van der Waals surface area contributed by atoms with Gasteiger partial charge in [0.1, 0.15) is 5.75 Å². The van der Waals surface area contributed by atoms with Gasteiger partial charge in [0.25, 0.3) is 0 Å². The van der Waals surface area contributed by atoms with Gasteiger partial charge < -0.3 is 4.74 Å². The van der Waals surface area contributed by atoms with Crippen LogP contribution in [0.15, 0.2) is 35.9 Å². The zero-order valence-corrected chi connectivity index (χ0v) is 19.8. The highest BCUT2D eigenvalue weighted by molar-refractivity contribution is 5.28. The maximum atomic E-state index is 5.55. The van der Waals surface area contributed by atoms with E-state index in [0.29, 0.717) is 0 Å². The van der Waals surface area contributed by atoms with Crippen LogP contribution in [-0.4, -0.2) is 6.61 Å². The number of aryl methyl sites for hydroxylation is 1. The Balaban J connectivity index is 1.28. The first-order valence-corrected chi connectivity index (χ1v) is 13.2. The molecule has 1 fully saturated rings. The van der Waals surface area contributed by atoms with E-state index in [9.17, 15) is 0 Å². The lowest BCUT2D eigenvalue weighted by atomic mass is 9.76. The molecule has 0 radical (unpaired) electrons. The van der Waals surface area contributed by atoms with Gasteiger partial charge in [0.05, 0.1) is 6.61 Å². The van der Waals surface area contributed by atoms with Crippen LogP contribution in [0.3, 0.4) is 0 Å². The molecule has 1 aromatic rings. The molecule has 0 saturated heterocycles. The van der Waals surface area contributed by atoms with Gasteiger partial charge in [-0.3, -0.25) is 0 Å². The Kier molecular flexibility index (Phi) is 10.3. The van der Waals surface area contributed by atoms with E-state index in [1.165, 1.54) is 102 Å². The van der Waals surface area contributed by atoms with Crippen molar-refractivity contribution in [3.05, 3.63) is 41.5 Å². The predicted octanol–water partition coefficient (Wildman–Crippen LogP) is 8.91. The fraction of sp³-hybridized carbons (Fsp3) is 0.724. The number of benzene rings is 1. The Labute approximate surface area is 186 Å². The molecule has 0 N–H and O–H groups in total. The van der Waals surface area contributed by atoms with E-state index < -0.39 is 0 Å². The highest BCUT2D eigenvalue weighted by atomic mass is 16.5. The standard InChI is InChI=1S/C29H46O/c1-3-5-6-7-24-8-10-25(11-9-24)12-13-26-14-16-27(17-15-26)18-19-28-20-22-29(23-21-28)30-4-2/h16,20-26H,3-15,17-19H2,1-2H3/t24-,25-,26?. The van der Waals surface area contributed by atoms with Crippen LogP contribution < -0.4 is 4.74 Å². The van der Waals surface area contributed by atoms with Crippen molar-refractivity contribution >= 4 is 0 Å². The summed E-state index contributed by atoms with van der Waals surface area (Å²) in [5, 5.41) is 0. The quantitative estimate of drug-likeness (QED) is 0.247. The minimum Gasteiger partial charge on any atom is -0.494 e. The van der Waals surface area contributed by atoms with Crippen LogP contribution in [-0.2, 0) is 6.42 Å². The predicted molar refractivity (Wildman–Crippen MR) is 130 cm³/mol. The number of hydrogen-bond acceptors (Lipinski definition) is 1. The largest absolute Gasteiger partial charge is 0.494 e. The first-order valence-electron chi connectivity index (χ1n) is 13.2. The second kappa shape index (κ2) is 13.2. The molecular weight excluding hydrogens is 364 g/mol. The van der Waals surface area contributed by atoms with Crippen molar-refractivity contribution in [3.63, 3.8) is 0 Å². The first-order chi connectivity index (χ1) is 14.8. The summed E-state index contributed by atoms with van der Waals surface area (Å²) in [6.07, 6.45) is 24.0. The number of allylic oxidation sites excluding steroid dienone is 2. The van der Waals surface area contributed by atoms with Gasteiger partial charge in [-0.15, -0.1) is 0 Å². The number of ether oxygens (including phenoxy) is 1. The Hall–Kier alpha value is -1.24. The van der Waals surface area contributed by atoms with Crippen molar-refractivity contribution in [2.75, 3.05) is 6.61 Å². The number of hydrogen-bond donors (Lipinski definition) is 0. The summed E-state index contributed by atoms with van der Waals surface area (Å²) in [5.41, 5.74) is 3.14. The molecule has 0 aliphatic heterocycles. The van der Waals surface area contributed by atoms with Crippen molar-refractivity contribution in [1.29, 1.82) is 0 Å². The number of unbranched alkanes of at least 4 members (excludes halogenated alkanes) is 2. The second-order valence-electron chi connectivity index (χ2n) is 10.0. The van der Waals surface area contributed by atoms with E-state index in [2.05, 4.69) is 37.3 Å². The van der Waals surface area contributed by atoms with Crippen LogP contribution in [0.5, 0.6) is 5.75 Å². The molecular formula is C29H46O. The molecule has 1 atom stereocenters. The summed E-state index contributed by atoms with van der Waals surface area (Å²) in [4.78, 5) is 0. The molecule has 1 heteroatoms. The Morgan fingerprint density at radius 1 is 0.767 bits per heavy atom. The topological polar surface area (TPSA) is 9.23 Å². The van der Waals surface area contributed by atoms with Crippen LogP contribution in [0.25, 0.3) is 0 Å². The highest BCUT2D eigenvalue weighted by Gasteiger charge is 2.22. The average molecular weight is 411 g/mol. The monoisotopic (exact) mass is 410 g/mol. The van der Waals surface area contributed by atoms with Gasteiger partial charge in [0.2, 0.25) is 0 Å². The maximum absolute atomic E-state index is 5.55. The van der Waals surface area contributed by atoms with E-state index in [0.717, 1.165) is 30.1 Å². The van der Waals surface area contributed by atoms with Crippen LogP contribution in [0.2, 0.25) is 0 Å². The second-order valence-corrected chi connectivity index (χ2v) is 10.0. The minimum absolute atomic E-state index is 0.744. The van der Waals surface area contributed by atoms with E-state index in [1.807, 2.05) is 6.92 Å². The summed E-state index contributed by atoms with van der Waals surface area (Å²) < 4.78 is 5.55. The Bertz CT molecular complexity index is 606. The maximum Gasteiger partial charge on any atom is 0.119 e. The fourth-order valence-electron chi connectivity index (χ4n) is 5.62. The van der Waals surface area contributed by atoms with Crippen molar-refractivity contribution in [1.82, 2.24) is 0 Å². The third kappa shape index (κ3) is 8.12. The van der Waals surface area contributed by atoms with Crippen LogP contribution in [0, 0.1) is 17.8 Å².